The highest BCUT2D eigenvalue weighted by Gasteiger charge is 2.27. The minimum Gasteiger partial charge on any atom is -0.230 e. The maximum absolute atomic E-state index is 8.77. The molecule has 0 bridgehead atoms. The lowest BCUT2D eigenvalue weighted by Gasteiger charge is -1.95. The second-order valence-corrected chi connectivity index (χ2v) is 6.03. The summed E-state index contributed by atoms with van der Waals surface area (Å²) < 4.78 is 0.898. The normalized spacial score (nSPS) is 14.5. The van der Waals surface area contributed by atoms with Gasteiger partial charge in [-0.1, -0.05) is 17.4 Å². The fourth-order valence-corrected chi connectivity index (χ4v) is 3.35. The molecule has 0 atom stereocenters. The van der Waals surface area contributed by atoms with Gasteiger partial charge in [0.05, 0.1) is 0 Å². The van der Waals surface area contributed by atoms with E-state index in [0.29, 0.717) is 11.6 Å². The van der Waals surface area contributed by atoms with Gasteiger partial charge in [-0.25, -0.2) is 4.98 Å². The van der Waals surface area contributed by atoms with Crippen molar-refractivity contribution in [3.05, 3.63) is 28.9 Å². The van der Waals surface area contributed by atoms with E-state index in [9.17, 15) is 0 Å². The summed E-state index contributed by atoms with van der Waals surface area (Å²) in [5, 5.41) is 19.0. The number of pyridine rings is 1. The molecule has 0 radical (unpaired) electrons. The molecule has 1 aliphatic rings. The largest absolute Gasteiger partial charge is 0.230 e. The van der Waals surface area contributed by atoms with Crippen molar-refractivity contribution in [2.45, 2.75) is 28.1 Å². The van der Waals surface area contributed by atoms with Crippen molar-refractivity contribution in [1.29, 1.82) is 5.26 Å². The van der Waals surface area contributed by atoms with Gasteiger partial charge in [-0.2, -0.15) is 5.26 Å². The van der Waals surface area contributed by atoms with Gasteiger partial charge in [-0.15, -0.1) is 10.2 Å². The number of rotatable bonds is 3. The molecule has 17 heavy (non-hydrogen) atoms. The molecule has 0 amide bonds. The fourth-order valence-electron chi connectivity index (χ4n) is 1.38. The van der Waals surface area contributed by atoms with Crippen LogP contribution in [0.5, 0.6) is 0 Å². The molecule has 3 rings (SSSR count). The van der Waals surface area contributed by atoms with Crippen LogP contribution in [-0.4, -0.2) is 15.2 Å². The van der Waals surface area contributed by atoms with Crippen molar-refractivity contribution in [2.75, 3.05) is 0 Å². The van der Waals surface area contributed by atoms with E-state index in [1.165, 1.54) is 24.6 Å². The standard InChI is InChI=1S/C11H8N4S2/c12-6-8-2-1-3-9(13-8)16-11-15-14-10(17-11)7-4-5-7/h1-3,7H,4-5H2. The monoisotopic (exact) mass is 260 g/mol. The van der Waals surface area contributed by atoms with Crippen molar-refractivity contribution in [2.24, 2.45) is 0 Å². The van der Waals surface area contributed by atoms with E-state index in [2.05, 4.69) is 15.2 Å². The Morgan fingerprint density at radius 2 is 2.24 bits per heavy atom. The predicted molar refractivity (Wildman–Crippen MR) is 65.0 cm³/mol. The molecule has 84 valence electrons. The average molecular weight is 260 g/mol. The number of nitrogens with zero attached hydrogens (tertiary/aromatic N) is 4. The van der Waals surface area contributed by atoms with Crippen LogP contribution in [0.4, 0.5) is 0 Å². The van der Waals surface area contributed by atoms with Gasteiger partial charge in [-0.05, 0) is 36.7 Å². The molecule has 0 spiro atoms. The summed E-state index contributed by atoms with van der Waals surface area (Å²) in [5.74, 6) is 0.639. The van der Waals surface area contributed by atoms with Crippen molar-refractivity contribution in [1.82, 2.24) is 15.2 Å². The molecule has 2 aromatic heterocycles. The van der Waals surface area contributed by atoms with Crippen molar-refractivity contribution >= 4 is 23.1 Å². The van der Waals surface area contributed by atoms with E-state index in [1.807, 2.05) is 18.2 Å². The molecular formula is C11H8N4S2. The highest BCUT2D eigenvalue weighted by atomic mass is 32.2. The predicted octanol–water partition coefficient (Wildman–Crippen LogP) is 2.83. The van der Waals surface area contributed by atoms with Crippen LogP contribution < -0.4 is 0 Å². The molecule has 0 saturated heterocycles. The van der Waals surface area contributed by atoms with Crippen LogP contribution in [0.3, 0.4) is 0 Å². The second-order valence-electron chi connectivity index (χ2n) is 3.76. The minimum absolute atomic E-state index is 0.432. The number of hydrogen-bond acceptors (Lipinski definition) is 6. The van der Waals surface area contributed by atoms with Crippen molar-refractivity contribution in [3.63, 3.8) is 0 Å². The molecule has 6 heteroatoms. The molecule has 2 heterocycles. The fraction of sp³-hybridized carbons (Fsp3) is 0.273. The van der Waals surface area contributed by atoms with Gasteiger partial charge in [0.1, 0.15) is 21.8 Å². The Morgan fingerprint density at radius 3 is 3.00 bits per heavy atom. The maximum atomic E-state index is 8.77. The van der Waals surface area contributed by atoms with E-state index < -0.39 is 0 Å². The van der Waals surface area contributed by atoms with Crippen molar-refractivity contribution in [3.8, 4) is 6.07 Å². The van der Waals surface area contributed by atoms with E-state index in [4.69, 9.17) is 5.26 Å². The van der Waals surface area contributed by atoms with Crippen LogP contribution in [-0.2, 0) is 0 Å². The molecule has 1 aliphatic carbocycles. The summed E-state index contributed by atoms with van der Waals surface area (Å²) in [6.45, 7) is 0. The first kappa shape index (κ1) is 10.7. The van der Waals surface area contributed by atoms with Crippen LogP contribution in [0.2, 0.25) is 0 Å². The lowest BCUT2D eigenvalue weighted by molar-refractivity contribution is 0.936. The average Bonchev–Trinajstić information content (AvgIpc) is 3.11. The molecular weight excluding hydrogens is 252 g/mol. The first-order valence-corrected chi connectivity index (χ1v) is 6.87. The van der Waals surface area contributed by atoms with Gasteiger partial charge in [0.25, 0.3) is 0 Å². The summed E-state index contributed by atoms with van der Waals surface area (Å²) in [4.78, 5) is 4.20. The summed E-state index contributed by atoms with van der Waals surface area (Å²) in [6.07, 6.45) is 2.48. The molecule has 0 aliphatic heterocycles. The summed E-state index contributed by atoms with van der Waals surface area (Å²) in [6, 6.07) is 7.43. The Bertz CT molecular complexity index is 583. The van der Waals surface area contributed by atoms with Crippen LogP contribution in [0, 0.1) is 11.3 Å². The van der Waals surface area contributed by atoms with Gasteiger partial charge in [0.2, 0.25) is 0 Å². The second kappa shape index (κ2) is 4.43. The van der Waals surface area contributed by atoms with Gasteiger partial charge < -0.3 is 0 Å². The van der Waals surface area contributed by atoms with E-state index in [-0.39, 0.29) is 0 Å². The van der Waals surface area contributed by atoms with Crippen LogP contribution in [0.25, 0.3) is 0 Å². The first-order valence-electron chi connectivity index (χ1n) is 5.23. The number of nitriles is 1. The van der Waals surface area contributed by atoms with Crippen LogP contribution in [0.1, 0.15) is 29.5 Å². The molecule has 0 aromatic carbocycles. The lowest BCUT2D eigenvalue weighted by Crippen LogP contribution is -1.84. The Labute approximate surface area is 107 Å². The Balaban J connectivity index is 1.78. The number of hydrogen-bond donors (Lipinski definition) is 0. The zero-order chi connectivity index (χ0) is 11.7. The smallest absolute Gasteiger partial charge is 0.180 e. The zero-order valence-corrected chi connectivity index (χ0v) is 10.5. The maximum Gasteiger partial charge on any atom is 0.180 e. The van der Waals surface area contributed by atoms with E-state index in [0.717, 1.165) is 14.4 Å². The molecule has 1 fully saturated rings. The van der Waals surface area contributed by atoms with Crippen LogP contribution >= 0.6 is 23.1 Å². The zero-order valence-electron chi connectivity index (χ0n) is 8.83. The summed E-state index contributed by atoms with van der Waals surface area (Å²) in [5.41, 5.74) is 0.432. The van der Waals surface area contributed by atoms with Gasteiger partial charge >= 0.3 is 0 Å². The topological polar surface area (TPSA) is 62.5 Å². The minimum atomic E-state index is 0.432. The first-order chi connectivity index (χ1) is 8.35. The Hall–Kier alpha value is -1.45. The quantitative estimate of drug-likeness (QED) is 0.849. The molecule has 0 N–H and O–H groups in total. The molecule has 4 nitrogen and oxygen atoms in total. The third-order valence-electron chi connectivity index (χ3n) is 2.38. The Morgan fingerprint density at radius 1 is 1.35 bits per heavy atom. The van der Waals surface area contributed by atoms with E-state index >= 15 is 0 Å². The molecule has 0 unspecified atom stereocenters. The molecule has 1 saturated carbocycles. The third-order valence-corrected chi connectivity index (χ3v) is 4.45. The SMILES string of the molecule is N#Cc1cccc(Sc2nnc(C3CC3)s2)n1. The van der Waals surface area contributed by atoms with Gasteiger partial charge in [-0.3, -0.25) is 0 Å². The summed E-state index contributed by atoms with van der Waals surface area (Å²) in [7, 11) is 0. The Kier molecular flexibility index (Phi) is 2.79. The van der Waals surface area contributed by atoms with E-state index in [1.54, 1.807) is 17.4 Å². The van der Waals surface area contributed by atoms with Crippen LogP contribution in [0.15, 0.2) is 27.6 Å². The number of aromatic nitrogens is 3. The highest BCUT2D eigenvalue weighted by Crippen LogP contribution is 2.43. The third kappa shape index (κ3) is 2.46. The van der Waals surface area contributed by atoms with Gasteiger partial charge in [0, 0.05) is 5.92 Å². The van der Waals surface area contributed by atoms with Crippen molar-refractivity contribution < 1.29 is 0 Å². The van der Waals surface area contributed by atoms with Gasteiger partial charge in [0.15, 0.2) is 4.34 Å². The summed E-state index contributed by atoms with van der Waals surface area (Å²) >= 11 is 3.10. The highest BCUT2D eigenvalue weighted by molar-refractivity contribution is 8.01. The molecule has 2 aromatic rings. The lowest BCUT2D eigenvalue weighted by atomic mass is 10.4.